The van der Waals surface area contributed by atoms with Crippen LogP contribution in [0.15, 0.2) is 0 Å². The topological polar surface area (TPSA) is 84.1 Å². The first kappa shape index (κ1) is 9.83. The minimum Gasteiger partial charge on any atom is -0.367 e. The van der Waals surface area contributed by atoms with Crippen LogP contribution in [-0.4, -0.2) is 34.4 Å². The van der Waals surface area contributed by atoms with Crippen molar-refractivity contribution in [2.24, 2.45) is 5.92 Å². The van der Waals surface area contributed by atoms with Crippen LogP contribution in [-0.2, 0) is 4.79 Å². The Morgan fingerprint density at radius 3 is 3.19 bits per heavy atom. The van der Waals surface area contributed by atoms with Crippen molar-refractivity contribution in [3.8, 4) is 0 Å². The van der Waals surface area contributed by atoms with E-state index in [9.17, 15) is 4.79 Å². The van der Waals surface area contributed by atoms with E-state index in [1.165, 1.54) is 11.5 Å². The van der Waals surface area contributed by atoms with E-state index in [4.69, 9.17) is 5.73 Å². The number of fused-ring (bicyclic) bond motifs is 1. The van der Waals surface area contributed by atoms with Gasteiger partial charge in [0.05, 0.1) is 12.0 Å². The molecule has 0 radical (unpaired) electrons. The summed E-state index contributed by atoms with van der Waals surface area (Å²) in [6.45, 7) is 1.65. The van der Waals surface area contributed by atoms with Gasteiger partial charge in [0.2, 0.25) is 17.0 Å². The highest BCUT2D eigenvalue weighted by Crippen LogP contribution is 2.32. The van der Waals surface area contributed by atoms with Gasteiger partial charge >= 0.3 is 0 Å². The second kappa shape index (κ2) is 3.58. The quantitative estimate of drug-likeness (QED) is 0.711. The number of aromatic nitrogens is 2. The Morgan fingerprint density at radius 2 is 2.44 bits per heavy atom. The lowest BCUT2D eigenvalue weighted by molar-refractivity contribution is -0.122. The maximum absolute atomic E-state index is 11.6. The Kier molecular flexibility index (Phi) is 2.20. The SMILES string of the molecule is Nc1nsc(N2CCCC3C(=O)NCC32)n1. The molecule has 3 heterocycles. The predicted octanol–water partition coefficient (Wildman–Crippen LogP) is -0.165. The van der Waals surface area contributed by atoms with Crippen LogP contribution < -0.4 is 16.0 Å². The highest BCUT2D eigenvalue weighted by atomic mass is 32.1. The zero-order chi connectivity index (χ0) is 11.1. The lowest BCUT2D eigenvalue weighted by atomic mass is 9.92. The first-order valence-corrected chi connectivity index (χ1v) is 6.16. The molecule has 16 heavy (non-hydrogen) atoms. The molecule has 2 fully saturated rings. The molecule has 86 valence electrons. The fourth-order valence-corrected chi connectivity index (χ4v) is 3.21. The van der Waals surface area contributed by atoms with E-state index < -0.39 is 0 Å². The summed E-state index contributed by atoms with van der Waals surface area (Å²) in [6, 6.07) is 0.230. The van der Waals surface area contributed by atoms with E-state index in [2.05, 4.69) is 19.6 Å². The van der Waals surface area contributed by atoms with Crippen molar-refractivity contribution < 1.29 is 4.79 Å². The number of nitrogen functional groups attached to an aromatic ring is 1. The number of hydrogen-bond acceptors (Lipinski definition) is 6. The Balaban J connectivity index is 1.87. The average molecular weight is 239 g/mol. The molecule has 2 unspecified atom stereocenters. The van der Waals surface area contributed by atoms with Crippen molar-refractivity contribution >= 4 is 28.5 Å². The van der Waals surface area contributed by atoms with Crippen molar-refractivity contribution in [2.45, 2.75) is 18.9 Å². The Bertz CT molecular complexity index is 420. The summed E-state index contributed by atoms with van der Waals surface area (Å²) in [4.78, 5) is 18.0. The summed E-state index contributed by atoms with van der Waals surface area (Å²) >= 11 is 1.31. The van der Waals surface area contributed by atoms with Gasteiger partial charge in [-0.25, -0.2) is 0 Å². The van der Waals surface area contributed by atoms with E-state index in [0.29, 0.717) is 12.5 Å². The number of carbonyl (C=O) groups is 1. The van der Waals surface area contributed by atoms with E-state index in [1.807, 2.05) is 0 Å². The Labute approximate surface area is 97.0 Å². The fourth-order valence-electron chi connectivity index (χ4n) is 2.53. The summed E-state index contributed by atoms with van der Waals surface area (Å²) in [5.41, 5.74) is 5.53. The maximum atomic E-state index is 11.6. The van der Waals surface area contributed by atoms with Crippen molar-refractivity contribution in [2.75, 3.05) is 23.7 Å². The second-order valence-electron chi connectivity index (χ2n) is 4.19. The van der Waals surface area contributed by atoms with Crippen molar-refractivity contribution in [1.29, 1.82) is 0 Å². The molecule has 0 saturated carbocycles. The van der Waals surface area contributed by atoms with Crippen LogP contribution in [0.4, 0.5) is 11.1 Å². The highest BCUT2D eigenvalue weighted by molar-refractivity contribution is 7.09. The summed E-state index contributed by atoms with van der Waals surface area (Å²) in [6.07, 6.45) is 2.00. The van der Waals surface area contributed by atoms with Gasteiger partial charge in [-0.1, -0.05) is 0 Å². The lowest BCUT2D eigenvalue weighted by Crippen LogP contribution is -2.45. The molecule has 2 atom stereocenters. The van der Waals surface area contributed by atoms with E-state index in [-0.39, 0.29) is 17.9 Å². The Morgan fingerprint density at radius 1 is 1.56 bits per heavy atom. The molecule has 2 aliphatic rings. The molecule has 1 amide bonds. The van der Waals surface area contributed by atoms with E-state index in [0.717, 1.165) is 24.5 Å². The summed E-state index contributed by atoms with van der Waals surface area (Å²) in [7, 11) is 0. The number of rotatable bonds is 1. The lowest BCUT2D eigenvalue weighted by Gasteiger charge is -2.35. The summed E-state index contributed by atoms with van der Waals surface area (Å²) in [5, 5.41) is 3.75. The van der Waals surface area contributed by atoms with Gasteiger partial charge in [-0.3, -0.25) is 4.79 Å². The van der Waals surface area contributed by atoms with Crippen LogP contribution in [0.25, 0.3) is 0 Å². The van der Waals surface area contributed by atoms with Crippen LogP contribution in [0.3, 0.4) is 0 Å². The number of amides is 1. The predicted molar refractivity (Wildman–Crippen MR) is 61.2 cm³/mol. The minimum atomic E-state index is 0.110. The number of nitrogens with zero attached hydrogens (tertiary/aromatic N) is 3. The monoisotopic (exact) mass is 239 g/mol. The maximum Gasteiger partial charge on any atom is 0.233 e. The fraction of sp³-hybridized carbons (Fsp3) is 0.667. The van der Waals surface area contributed by atoms with Crippen LogP contribution in [0.2, 0.25) is 0 Å². The van der Waals surface area contributed by atoms with Crippen molar-refractivity contribution in [1.82, 2.24) is 14.7 Å². The Hall–Kier alpha value is -1.37. The molecule has 1 aromatic rings. The molecule has 6 nitrogen and oxygen atoms in total. The summed E-state index contributed by atoms with van der Waals surface area (Å²) in [5.74, 6) is 0.602. The van der Waals surface area contributed by atoms with Gasteiger partial charge in [0.25, 0.3) is 0 Å². The molecule has 2 saturated heterocycles. The largest absolute Gasteiger partial charge is 0.367 e. The summed E-state index contributed by atoms with van der Waals surface area (Å²) < 4.78 is 3.99. The third kappa shape index (κ3) is 1.42. The first-order valence-electron chi connectivity index (χ1n) is 5.39. The molecule has 7 heteroatoms. The third-order valence-corrected chi connectivity index (χ3v) is 4.05. The number of anilines is 2. The van der Waals surface area contributed by atoms with Crippen molar-refractivity contribution in [3.63, 3.8) is 0 Å². The second-order valence-corrected chi connectivity index (χ2v) is 4.92. The molecule has 1 aromatic heterocycles. The first-order chi connectivity index (χ1) is 7.75. The zero-order valence-electron chi connectivity index (χ0n) is 8.72. The standard InChI is InChI=1S/C9H13N5OS/c10-8-12-9(16-13-8)14-3-1-2-5-6(14)4-11-7(5)15/h5-6H,1-4H2,(H2,10,13)(H,11,15). The van der Waals surface area contributed by atoms with Gasteiger partial charge in [-0.15, -0.1) is 0 Å². The van der Waals surface area contributed by atoms with Gasteiger partial charge in [-0.05, 0) is 12.8 Å². The van der Waals surface area contributed by atoms with Gasteiger partial charge in [0, 0.05) is 24.6 Å². The third-order valence-electron chi connectivity index (χ3n) is 3.28. The van der Waals surface area contributed by atoms with Gasteiger partial charge in [-0.2, -0.15) is 9.36 Å². The molecule has 0 aliphatic carbocycles. The van der Waals surface area contributed by atoms with Gasteiger partial charge < -0.3 is 16.0 Å². The van der Waals surface area contributed by atoms with Crippen molar-refractivity contribution in [3.05, 3.63) is 0 Å². The van der Waals surface area contributed by atoms with E-state index in [1.54, 1.807) is 0 Å². The molecular formula is C9H13N5OS. The molecule has 0 bridgehead atoms. The molecule has 0 spiro atoms. The number of piperidine rings is 1. The number of hydrogen-bond donors (Lipinski definition) is 2. The number of nitrogens with two attached hydrogens (primary N) is 1. The van der Waals surface area contributed by atoms with Crippen LogP contribution in [0.5, 0.6) is 0 Å². The average Bonchev–Trinajstić information content (AvgIpc) is 2.86. The van der Waals surface area contributed by atoms with E-state index >= 15 is 0 Å². The molecule has 0 aromatic carbocycles. The number of nitrogens with one attached hydrogen (secondary N) is 1. The number of carbonyl (C=O) groups excluding carboxylic acids is 1. The van der Waals surface area contributed by atoms with Crippen LogP contribution in [0.1, 0.15) is 12.8 Å². The van der Waals surface area contributed by atoms with Crippen LogP contribution >= 0.6 is 11.5 Å². The highest BCUT2D eigenvalue weighted by Gasteiger charge is 2.41. The minimum absolute atomic E-state index is 0.110. The molecule has 3 rings (SSSR count). The van der Waals surface area contributed by atoms with Gasteiger partial charge in [0.15, 0.2) is 0 Å². The van der Waals surface area contributed by atoms with Crippen LogP contribution in [0, 0.1) is 5.92 Å². The molecule has 3 N–H and O–H groups in total. The molecular weight excluding hydrogens is 226 g/mol. The zero-order valence-corrected chi connectivity index (χ0v) is 9.54. The van der Waals surface area contributed by atoms with Gasteiger partial charge in [0.1, 0.15) is 0 Å². The smallest absolute Gasteiger partial charge is 0.233 e. The normalized spacial score (nSPS) is 29.0. The molecule has 2 aliphatic heterocycles.